The maximum Gasteiger partial charge on any atom is 0.269 e. The van der Waals surface area contributed by atoms with Crippen LogP contribution < -0.4 is 11.1 Å². The lowest BCUT2D eigenvalue weighted by Crippen LogP contribution is -2.36. The maximum atomic E-state index is 13.3. The van der Waals surface area contributed by atoms with Gasteiger partial charge >= 0.3 is 0 Å². The number of carbonyl (C=O) groups excluding carboxylic acids is 1. The van der Waals surface area contributed by atoms with E-state index in [-0.39, 0.29) is 22.3 Å². The molecule has 0 radical (unpaired) electrons. The third-order valence-corrected chi connectivity index (χ3v) is 4.87. The highest BCUT2D eigenvalue weighted by molar-refractivity contribution is 6.04. The van der Waals surface area contributed by atoms with Crippen LogP contribution >= 0.6 is 0 Å². The predicted octanol–water partition coefficient (Wildman–Crippen LogP) is 2.35. The zero-order valence-electron chi connectivity index (χ0n) is 14.0. The minimum atomic E-state index is -0.694. The van der Waals surface area contributed by atoms with Crippen molar-refractivity contribution in [3.63, 3.8) is 0 Å². The van der Waals surface area contributed by atoms with E-state index in [2.05, 4.69) is 0 Å². The number of aromatic nitrogens is 2. The van der Waals surface area contributed by atoms with Gasteiger partial charge < -0.3 is 0 Å². The summed E-state index contributed by atoms with van der Waals surface area (Å²) in [6.45, 7) is 3.94. The molecule has 0 bridgehead atoms. The predicted molar refractivity (Wildman–Crippen MR) is 90.7 cm³/mol. The van der Waals surface area contributed by atoms with E-state index in [9.17, 15) is 18.8 Å². The van der Waals surface area contributed by atoms with E-state index < -0.39 is 11.9 Å². The van der Waals surface area contributed by atoms with Gasteiger partial charge in [0.25, 0.3) is 11.1 Å². The fraction of sp³-hybridized carbons (Fsp3) is 0.316. The summed E-state index contributed by atoms with van der Waals surface area (Å²) in [6.07, 6.45) is 0.871. The highest BCUT2D eigenvalue weighted by Gasteiger charge is 2.43. The summed E-state index contributed by atoms with van der Waals surface area (Å²) in [5.74, 6) is -0.472. The molecule has 1 atom stereocenters. The second-order valence-corrected chi connectivity index (χ2v) is 7.42. The quantitative estimate of drug-likeness (QED) is 0.801. The molecule has 6 heteroatoms. The van der Waals surface area contributed by atoms with E-state index in [1.165, 1.54) is 33.6 Å². The fourth-order valence-corrected chi connectivity index (χ4v) is 3.88. The van der Waals surface area contributed by atoms with Gasteiger partial charge in [-0.3, -0.25) is 14.4 Å². The summed E-state index contributed by atoms with van der Waals surface area (Å²) in [6, 6.07) is 7.43. The molecule has 5 nitrogen and oxygen atoms in total. The van der Waals surface area contributed by atoms with E-state index in [1.807, 2.05) is 13.8 Å². The van der Waals surface area contributed by atoms with E-state index >= 15 is 0 Å². The van der Waals surface area contributed by atoms with Crippen LogP contribution in [0.15, 0.2) is 51.6 Å². The van der Waals surface area contributed by atoms with Gasteiger partial charge in [0.05, 0.1) is 5.70 Å². The zero-order valence-corrected chi connectivity index (χ0v) is 14.0. The third kappa shape index (κ3) is 2.32. The Kier molecular flexibility index (Phi) is 3.22. The average Bonchev–Trinajstić information content (AvgIpc) is 2.87. The molecule has 4 rings (SSSR count). The van der Waals surface area contributed by atoms with Gasteiger partial charge in [-0.1, -0.05) is 26.0 Å². The van der Waals surface area contributed by atoms with Crippen LogP contribution in [0.3, 0.4) is 0 Å². The number of hydrogen-bond donors (Lipinski definition) is 0. The fourth-order valence-electron chi connectivity index (χ4n) is 3.88. The highest BCUT2D eigenvalue weighted by Crippen LogP contribution is 2.46. The van der Waals surface area contributed by atoms with Crippen LogP contribution in [0, 0.1) is 11.2 Å². The highest BCUT2D eigenvalue weighted by atomic mass is 19.1. The number of fused-ring (bicyclic) bond motifs is 2. The van der Waals surface area contributed by atoms with Crippen molar-refractivity contribution in [3.05, 3.63) is 74.1 Å². The smallest absolute Gasteiger partial charge is 0.269 e. The molecule has 128 valence electrons. The first-order valence-electron chi connectivity index (χ1n) is 8.15. The summed E-state index contributed by atoms with van der Waals surface area (Å²) >= 11 is 0. The minimum Gasteiger partial charge on any atom is -0.294 e. The number of benzene rings is 1. The molecule has 0 saturated heterocycles. The monoisotopic (exact) mass is 340 g/mol. The lowest BCUT2D eigenvalue weighted by molar-refractivity contribution is -0.118. The van der Waals surface area contributed by atoms with Gasteiger partial charge in [-0.2, -0.15) is 0 Å². The molecular weight excluding hydrogens is 323 g/mol. The van der Waals surface area contributed by atoms with Gasteiger partial charge in [-0.15, -0.1) is 0 Å². The summed E-state index contributed by atoms with van der Waals surface area (Å²) in [5.41, 5.74) is 0.663. The van der Waals surface area contributed by atoms with Crippen molar-refractivity contribution in [1.29, 1.82) is 0 Å². The Hall–Kier alpha value is -2.76. The number of carbonyl (C=O) groups is 1. The number of halogens is 1. The van der Waals surface area contributed by atoms with Gasteiger partial charge in [0, 0.05) is 24.1 Å². The second-order valence-electron chi connectivity index (χ2n) is 7.42. The van der Waals surface area contributed by atoms with Crippen molar-refractivity contribution in [2.75, 3.05) is 0 Å². The van der Waals surface area contributed by atoms with Gasteiger partial charge in [-0.25, -0.2) is 13.8 Å². The van der Waals surface area contributed by atoms with Crippen molar-refractivity contribution in [1.82, 2.24) is 9.36 Å². The van der Waals surface area contributed by atoms with E-state index in [1.54, 1.807) is 12.1 Å². The molecule has 1 aromatic carbocycles. The molecule has 0 N–H and O–H groups in total. The topological polar surface area (TPSA) is 61.1 Å². The number of rotatable bonds is 1. The normalized spacial score (nSPS) is 21.2. The third-order valence-electron chi connectivity index (χ3n) is 4.87. The largest absolute Gasteiger partial charge is 0.294 e. The van der Waals surface area contributed by atoms with E-state index in [0.29, 0.717) is 29.7 Å². The number of Topliss-reactive ketones (excluding diaryl/α,β-unsaturated/α-hetero) is 1. The summed E-state index contributed by atoms with van der Waals surface area (Å²) < 4.78 is 16.0. The molecule has 1 aromatic heterocycles. The molecule has 0 fully saturated rings. The molecule has 2 heterocycles. The maximum absolute atomic E-state index is 13.3. The van der Waals surface area contributed by atoms with Crippen molar-refractivity contribution in [2.24, 2.45) is 5.41 Å². The van der Waals surface area contributed by atoms with Crippen LogP contribution in [0.1, 0.15) is 38.3 Å². The SMILES string of the molecule is CC1(C)CC(=O)C2=C(C1)n1c(=O)ccc(=O)n1C2c1ccc(F)cc1. The van der Waals surface area contributed by atoms with Gasteiger partial charge in [-0.05, 0) is 29.5 Å². The standard InChI is InChI=1S/C19H17FN2O3/c1-19(2)9-13-17(14(23)10-19)18(11-3-5-12(20)6-4-11)22-16(25)8-7-15(24)21(13)22/h3-8,18H,9-10H2,1-2H3. The lowest BCUT2D eigenvalue weighted by atomic mass is 9.74. The van der Waals surface area contributed by atoms with Crippen molar-refractivity contribution in [3.8, 4) is 0 Å². The Labute approximate surface area is 143 Å². The number of ketones is 1. The molecule has 1 unspecified atom stereocenters. The first-order chi connectivity index (χ1) is 11.8. The molecule has 0 spiro atoms. The molecule has 25 heavy (non-hydrogen) atoms. The van der Waals surface area contributed by atoms with Crippen molar-refractivity contribution in [2.45, 2.75) is 32.7 Å². The van der Waals surface area contributed by atoms with E-state index in [4.69, 9.17) is 0 Å². The Morgan fingerprint density at radius 3 is 2.28 bits per heavy atom. The number of hydrogen-bond acceptors (Lipinski definition) is 3. The average molecular weight is 340 g/mol. The Morgan fingerprint density at radius 2 is 1.60 bits per heavy atom. The van der Waals surface area contributed by atoms with Crippen LogP contribution in [0.5, 0.6) is 0 Å². The van der Waals surface area contributed by atoms with Gasteiger partial charge in [0.2, 0.25) is 0 Å². The Morgan fingerprint density at radius 1 is 0.960 bits per heavy atom. The Balaban J connectivity index is 2.05. The first kappa shape index (κ1) is 15.7. The molecule has 1 aliphatic carbocycles. The van der Waals surface area contributed by atoms with E-state index in [0.717, 1.165) is 0 Å². The minimum absolute atomic E-state index is 0.0735. The molecule has 0 saturated carbocycles. The van der Waals surface area contributed by atoms with Crippen molar-refractivity contribution < 1.29 is 9.18 Å². The van der Waals surface area contributed by atoms with Crippen molar-refractivity contribution >= 4 is 11.5 Å². The lowest BCUT2D eigenvalue weighted by Gasteiger charge is -2.30. The Bertz CT molecular complexity index is 1040. The number of nitrogens with zero attached hydrogens (tertiary/aromatic N) is 2. The van der Waals surface area contributed by atoms with Crippen LogP contribution in [0.2, 0.25) is 0 Å². The summed E-state index contributed by atoms with van der Waals surface area (Å²) in [7, 11) is 0. The molecule has 2 aromatic rings. The second kappa shape index (κ2) is 5.12. The molecule has 0 amide bonds. The first-order valence-corrected chi connectivity index (χ1v) is 8.15. The number of allylic oxidation sites excluding steroid dienone is 2. The summed E-state index contributed by atoms with van der Waals surface area (Å²) in [5, 5.41) is 0. The van der Waals surface area contributed by atoms with Crippen LogP contribution in [0.4, 0.5) is 4.39 Å². The summed E-state index contributed by atoms with van der Waals surface area (Å²) in [4.78, 5) is 37.9. The van der Waals surface area contributed by atoms with Gasteiger partial charge in [0.1, 0.15) is 11.9 Å². The van der Waals surface area contributed by atoms with Crippen LogP contribution in [-0.4, -0.2) is 15.1 Å². The van der Waals surface area contributed by atoms with Crippen LogP contribution in [0.25, 0.3) is 5.70 Å². The molecular formula is C19H17FN2O3. The molecule has 2 aliphatic rings. The molecule has 1 aliphatic heterocycles. The zero-order chi connectivity index (χ0) is 17.9. The van der Waals surface area contributed by atoms with Crippen LogP contribution in [-0.2, 0) is 4.79 Å². The van der Waals surface area contributed by atoms with Gasteiger partial charge in [0.15, 0.2) is 5.78 Å².